The first-order chi connectivity index (χ1) is 12.6. The fraction of sp³-hybridized carbons (Fsp3) is 0.350. The normalized spacial score (nSPS) is 15.0. The molecule has 1 aliphatic heterocycles. The van der Waals surface area contributed by atoms with Gasteiger partial charge in [-0.05, 0) is 28.8 Å². The smallest absolute Gasteiger partial charge is 0.224 e. The Morgan fingerprint density at radius 2 is 1.81 bits per heavy atom. The average molecular weight is 377 g/mol. The quantitative estimate of drug-likeness (QED) is 0.842. The summed E-state index contributed by atoms with van der Waals surface area (Å²) < 4.78 is 19.1. The van der Waals surface area contributed by atoms with Gasteiger partial charge in [-0.15, -0.1) is 0 Å². The van der Waals surface area contributed by atoms with Crippen LogP contribution in [0.15, 0.2) is 42.5 Å². The van der Waals surface area contributed by atoms with Crippen LogP contribution in [0.25, 0.3) is 0 Å². The van der Waals surface area contributed by atoms with Gasteiger partial charge >= 0.3 is 0 Å². The third kappa shape index (κ3) is 5.53. The number of ether oxygens (including phenoxy) is 1. The molecule has 26 heavy (non-hydrogen) atoms. The molecule has 2 aromatic rings. The number of benzene rings is 2. The van der Waals surface area contributed by atoms with E-state index in [9.17, 15) is 9.18 Å². The first-order valence-corrected chi connectivity index (χ1v) is 9.06. The maximum Gasteiger partial charge on any atom is 0.224 e. The highest BCUT2D eigenvalue weighted by molar-refractivity contribution is 6.30. The zero-order valence-corrected chi connectivity index (χ0v) is 15.3. The lowest BCUT2D eigenvalue weighted by atomic mass is 10.1. The van der Waals surface area contributed by atoms with E-state index in [2.05, 4.69) is 22.3 Å². The van der Waals surface area contributed by atoms with E-state index in [-0.39, 0.29) is 12.3 Å². The molecule has 6 heteroatoms. The van der Waals surface area contributed by atoms with Crippen LogP contribution < -0.4 is 5.32 Å². The number of carbonyl (C=O) groups is 1. The van der Waals surface area contributed by atoms with Gasteiger partial charge in [-0.2, -0.15) is 0 Å². The van der Waals surface area contributed by atoms with Crippen LogP contribution in [-0.4, -0.2) is 37.1 Å². The van der Waals surface area contributed by atoms with Gasteiger partial charge in [0, 0.05) is 31.2 Å². The lowest BCUT2D eigenvalue weighted by Crippen LogP contribution is -2.35. The first-order valence-electron chi connectivity index (χ1n) is 8.69. The Hall–Kier alpha value is -1.95. The lowest BCUT2D eigenvalue weighted by molar-refractivity contribution is -0.120. The summed E-state index contributed by atoms with van der Waals surface area (Å²) >= 11 is 5.72. The lowest BCUT2D eigenvalue weighted by Gasteiger charge is -2.26. The largest absolute Gasteiger partial charge is 0.379 e. The zero-order chi connectivity index (χ0) is 18.4. The molecule has 1 N–H and O–H groups in total. The van der Waals surface area contributed by atoms with Gasteiger partial charge in [0.05, 0.1) is 19.6 Å². The standard InChI is InChI=1S/C20H22ClFN2O2/c21-18-6-5-17(19(22)12-18)11-20(25)23-13-15-1-3-16(4-2-15)14-24-7-9-26-10-8-24/h1-6,12H,7-11,13-14H2,(H,23,25). The third-order valence-corrected chi connectivity index (χ3v) is 4.62. The van der Waals surface area contributed by atoms with E-state index in [0.29, 0.717) is 17.1 Å². The summed E-state index contributed by atoms with van der Waals surface area (Å²) in [4.78, 5) is 14.4. The Balaban J connectivity index is 1.47. The predicted molar refractivity (Wildman–Crippen MR) is 99.5 cm³/mol. The number of halogens is 2. The Kier molecular flexibility index (Phi) is 6.61. The minimum absolute atomic E-state index is 0.00187. The molecule has 0 saturated carbocycles. The molecular formula is C20H22ClFN2O2. The average Bonchev–Trinajstić information content (AvgIpc) is 2.64. The van der Waals surface area contributed by atoms with Gasteiger partial charge in [0.2, 0.25) is 5.91 Å². The van der Waals surface area contributed by atoms with Crippen molar-refractivity contribution < 1.29 is 13.9 Å². The number of nitrogens with one attached hydrogen (secondary N) is 1. The Labute approximate surface area is 157 Å². The van der Waals surface area contributed by atoms with Crippen LogP contribution in [-0.2, 0) is 29.0 Å². The van der Waals surface area contributed by atoms with Gasteiger partial charge in [-0.1, -0.05) is 41.9 Å². The molecule has 0 spiro atoms. The molecule has 1 amide bonds. The Morgan fingerprint density at radius 3 is 2.50 bits per heavy atom. The summed E-state index contributed by atoms with van der Waals surface area (Å²) in [6, 6.07) is 12.5. The minimum Gasteiger partial charge on any atom is -0.379 e. The number of amides is 1. The van der Waals surface area contributed by atoms with Gasteiger partial charge in [-0.25, -0.2) is 4.39 Å². The molecule has 0 radical (unpaired) electrons. The van der Waals surface area contributed by atoms with Crippen molar-refractivity contribution in [2.75, 3.05) is 26.3 Å². The van der Waals surface area contributed by atoms with Crippen molar-refractivity contribution in [1.82, 2.24) is 10.2 Å². The summed E-state index contributed by atoms with van der Waals surface area (Å²) in [5, 5.41) is 3.15. The Morgan fingerprint density at radius 1 is 1.12 bits per heavy atom. The van der Waals surface area contributed by atoms with Crippen LogP contribution in [0.5, 0.6) is 0 Å². The number of rotatable bonds is 6. The van der Waals surface area contributed by atoms with Crippen LogP contribution in [0.2, 0.25) is 5.02 Å². The van der Waals surface area contributed by atoms with Gasteiger partial charge in [0.25, 0.3) is 0 Å². The number of hydrogen-bond acceptors (Lipinski definition) is 3. The molecule has 138 valence electrons. The fourth-order valence-electron chi connectivity index (χ4n) is 2.88. The van der Waals surface area contributed by atoms with Crippen LogP contribution in [0.3, 0.4) is 0 Å². The van der Waals surface area contributed by atoms with Crippen LogP contribution >= 0.6 is 11.6 Å². The molecule has 4 nitrogen and oxygen atoms in total. The molecule has 0 bridgehead atoms. The molecule has 1 fully saturated rings. The van der Waals surface area contributed by atoms with Crippen LogP contribution in [0, 0.1) is 5.82 Å². The summed E-state index contributed by atoms with van der Waals surface area (Å²) in [5.41, 5.74) is 2.60. The van der Waals surface area contributed by atoms with E-state index in [0.717, 1.165) is 38.4 Å². The minimum atomic E-state index is -0.458. The maximum absolute atomic E-state index is 13.7. The predicted octanol–water partition coefficient (Wildman–Crippen LogP) is 3.17. The van der Waals surface area contributed by atoms with Crippen LogP contribution in [0.1, 0.15) is 16.7 Å². The highest BCUT2D eigenvalue weighted by Crippen LogP contribution is 2.15. The van der Waals surface area contributed by atoms with Crippen LogP contribution in [0.4, 0.5) is 4.39 Å². The van der Waals surface area contributed by atoms with Gasteiger partial charge in [0.1, 0.15) is 5.82 Å². The second-order valence-electron chi connectivity index (χ2n) is 6.39. The van der Waals surface area contributed by atoms with Gasteiger partial charge < -0.3 is 10.1 Å². The molecule has 1 heterocycles. The van der Waals surface area contributed by atoms with Gasteiger partial charge in [-0.3, -0.25) is 9.69 Å². The topological polar surface area (TPSA) is 41.6 Å². The highest BCUT2D eigenvalue weighted by atomic mass is 35.5. The summed E-state index contributed by atoms with van der Waals surface area (Å²) in [5.74, 6) is -0.677. The van der Waals surface area contributed by atoms with E-state index >= 15 is 0 Å². The second-order valence-corrected chi connectivity index (χ2v) is 6.83. The molecule has 1 saturated heterocycles. The van der Waals surface area contributed by atoms with Crippen molar-refractivity contribution in [3.63, 3.8) is 0 Å². The summed E-state index contributed by atoms with van der Waals surface area (Å²) in [7, 11) is 0. The summed E-state index contributed by atoms with van der Waals surface area (Å²) in [6.07, 6.45) is -0.00187. The maximum atomic E-state index is 13.7. The number of nitrogens with zero attached hydrogens (tertiary/aromatic N) is 1. The van der Waals surface area contributed by atoms with E-state index in [4.69, 9.17) is 16.3 Å². The second kappa shape index (κ2) is 9.12. The van der Waals surface area contributed by atoms with E-state index in [1.54, 1.807) is 6.07 Å². The van der Waals surface area contributed by atoms with Crippen molar-refractivity contribution in [3.8, 4) is 0 Å². The van der Waals surface area contributed by atoms with Crippen molar-refractivity contribution in [3.05, 3.63) is 70.0 Å². The SMILES string of the molecule is O=C(Cc1ccc(Cl)cc1F)NCc1ccc(CN2CCOCC2)cc1. The van der Waals surface area contributed by atoms with E-state index in [1.165, 1.54) is 17.7 Å². The van der Waals surface area contributed by atoms with E-state index in [1.807, 2.05) is 12.1 Å². The third-order valence-electron chi connectivity index (χ3n) is 4.39. The summed E-state index contributed by atoms with van der Waals surface area (Å²) in [6.45, 7) is 4.83. The van der Waals surface area contributed by atoms with Crippen molar-refractivity contribution in [2.45, 2.75) is 19.5 Å². The Bertz CT molecular complexity index is 746. The molecule has 2 aromatic carbocycles. The van der Waals surface area contributed by atoms with Crippen molar-refractivity contribution in [2.24, 2.45) is 0 Å². The fourth-order valence-corrected chi connectivity index (χ4v) is 3.04. The van der Waals surface area contributed by atoms with Crippen molar-refractivity contribution in [1.29, 1.82) is 0 Å². The first kappa shape index (κ1) is 18.8. The molecule has 0 aliphatic carbocycles. The molecule has 3 rings (SSSR count). The number of morpholine rings is 1. The molecular weight excluding hydrogens is 355 g/mol. The molecule has 1 aliphatic rings. The van der Waals surface area contributed by atoms with Crippen molar-refractivity contribution >= 4 is 17.5 Å². The molecule has 0 atom stereocenters. The number of carbonyl (C=O) groups excluding carboxylic acids is 1. The molecule has 0 unspecified atom stereocenters. The molecule has 0 aromatic heterocycles. The zero-order valence-electron chi connectivity index (χ0n) is 14.5. The van der Waals surface area contributed by atoms with E-state index < -0.39 is 5.82 Å². The number of hydrogen-bond donors (Lipinski definition) is 1. The highest BCUT2D eigenvalue weighted by Gasteiger charge is 2.11. The monoisotopic (exact) mass is 376 g/mol. The van der Waals surface area contributed by atoms with Gasteiger partial charge in [0.15, 0.2) is 0 Å².